The summed E-state index contributed by atoms with van der Waals surface area (Å²) in [6, 6.07) is 8.26. The minimum atomic E-state index is -0.0669. The van der Waals surface area contributed by atoms with E-state index in [9.17, 15) is 4.79 Å². The summed E-state index contributed by atoms with van der Waals surface area (Å²) in [4.78, 5) is 19.3. The number of tetrazole rings is 1. The fourth-order valence-electron chi connectivity index (χ4n) is 3.50. The first-order chi connectivity index (χ1) is 13.1. The molecule has 2 aromatic heterocycles. The lowest BCUT2D eigenvalue weighted by Crippen LogP contribution is -2.45. The van der Waals surface area contributed by atoms with Crippen molar-refractivity contribution in [1.29, 1.82) is 0 Å². The first-order valence-electron chi connectivity index (χ1n) is 9.31. The van der Waals surface area contributed by atoms with Crippen molar-refractivity contribution in [2.45, 2.75) is 32.2 Å². The average molecular weight is 365 g/mol. The van der Waals surface area contributed by atoms with Crippen molar-refractivity contribution in [1.82, 2.24) is 30.5 Å². The molecule has 140 valence electrons. The van der Waals surface area contributed by atoms with Gasteiger partial charge in [-0.2, -0.15) is 0 Å². The molecule has 0 aliphatic carbocycles. The number of anilines is 1. The van der Waals surface area contributed by atoms with E-state index in [0.29, 0.717) is 5.56 Å². The van der Waals surface area contributed by atoms with Crippen LogP contribution in [0.2, 0.25) is 0 Å². The number of amides is 1. The second-order valence-electron chi connectivity index (χ2n) is 6.94. The summed E-state index contributed by atoms with van der Waals surface area (Å²) in [6.07, 6.45) is 4.36. The molecule has 4 rings (SSSR count). The molecule has 1 fully saturated rings. The van der Waals surface area contributed by atoms with Crippen LogP contribution in [-0.2, 0) is 13.5 Å². The normalized spacial score (nSPS) is 15.3. The number of rotatable bonds is 4. The molecule has 1 aliphatic rings. The number of carbonyl (C=O) groups is 1. The maximum Gasteiger partial charge on any atom is 0.253 e. The quantitative estimate of drug-likeness (QED) is 0.757. The van der Waals surface area contributed by atoms with Gasteiger partial charge in [0.1, 0.15) is 0 Å². The molecule has 0 spiro atoms. The number of nitrogens with one attached hydrogen (secondary N) is 1. The molecule has 0 atom stereocenters. The minimum Gasteiger partial charge on any atom is -0.349 e. The average Bonchev–Trinajstić information content (AvgIpc) is 3.13. The molecule has 1 aromatic carbocycles. The molecule has 0 bridgehead atoms. The molecule has 0 unspecified atom stereocenters. The van der Waals surface area contributed by atoms with Crippen LogP contribution in [0.15, 0.2) is 30.5 Å². The number of hydrogen-bond acceptors (Lipinski definition) is 6. The van der Waals surface area contributed by atoms with Gasteiger partial charge in [0.25, 0.3) is 5.91 Å². The topological polar surface area (TPSA) is 88.8 Å². The zero-order valence-electron chi connectivity index (χ0n) is 15.6. The van der Waals surface area contributed by atoms with Gasteiger partial charge in [-0.15, -0.1) is 0 Å². The highest BCUT2D eigenvalue weighted by Crippen LogP contribution is 2.18. The minimum absolute atomic E-state index is 0.0669. The van der Waals surface area contributed by atoms with Crippen LogP contribution in [0.5, 0.6) is 0 Å². The van der Waals surface area contributed by atoms with Crippen LogP contribution in [0.4, 0.5) is 5.95 Å². The van der Waals surface area contributed by atoms with Gasteiger partial charge >= 0.3 is 0 Å². The highest BCUT2D eigenvalue weighted by atomic mass is 16.1. The summed E-state index contributed by atoms with van der Waals surface area (Å²) < 4.78 is 1.67. The van der Waals surface area contributed by atoms with E-state index in [0.717, 1.165) is 49.2 Å². The summed E-state index contributed by atoms with van der Waals surface area (Å²) in [7, 11) is 1.83. The van der Waals surface area contributed by atoms with Gasteiger partial charge in [-0.05, 0) is 47.4 Å². The maximum atomic E-state index is 12.6. The monoisotopic (exact) mass is 365 g/mol. The molecule has 1 saturated heterocycles. The van der Waals surface area contributed by atoms with Crippen LogP contribution in [-0.4, -0.2) is 50.2 Å². The molecular weight excluding hydrogens is 342 g/mol. The van der Waals surface area contributed by atoms with E-state index in [1.165, 1.54) is 5.56 Å². The number of pyridine rings is 1. The smallest absolute Gasteiger partial charge is 0.253 e. The zero-order valence-corrected chi connectivity index (χ0v) is 15.6. The van der Waals surface area contributed by atoms with Crippen LogP contribution in [0, 0.1) is 0 Å². The van der Waals surface area contributed by atoms with Crippen molar-refractivity contribution in [2.24, 2.45) is 7.05 Å². The zero-order chi connectivity index (χ0) is 18.8. The van der Waals surface area contributed by atoms with Gasteiger partial charge in [-0.1, -0.05) is 24.2 Å². The highest BCUT2D eigenvalue weighted by molar-refractivity contribution is 5.97. The van der Waals surface area contributed by atoms with Gasteiger partial charge in [0.2, 0.25) is 5.95 Å². The van der Waals surface area contributed by atoms with Gasteiger partial charge in [-0.25, -0.2) is 4.68 Å². The second kappa shape index (κ2) is 7.30. The van der Waals surface area contributed by atoms with E-state index in [4.69, 9.17) is 0 Å². The molecule has 8 heteroatoms. The standard InChI is InChI=1S/C19H23N7O/c1-3-13-4-5-14-11-15(12-20-17(14)10-13)18(27)21-16-6-8-26(9-7-16)19-22-23-24-25(19)2/h4-5,10-12,16H,3,6-9H2,1-2H3,(H,21,27). The predicted molar refractivity (Wildman–Crippen MR) is 103 cm³/mol. The number of aromatic nitrogens is 5. The Labute approximate surface area is 157 Å². The summed E-state index contributed by atoms with van der Waals surface area (Å²) in [6.45, 7) is 3.75. The largest absolute Gasteiger partial charge is 0.349 e. The summed E-state index contributed by atoms with van der Waals surface area (Å²) in [5.74, 6) is 0.702. The third-order valence-electron chi connectivity index (χ3n) is 5.13. The molecule has 0 radical (unpaired) electrons. The van der Waals surface area contributed by atoms with E-state index >= 15 is 0 Å². The fraction of sp³-hybridized carbons (Fsp3) is 0.421. The first-order valence-corrected chi connectivity index (χ1v) is 9.31. The SMILES string of the molecule is CCc1ccc2cc(C(=O)NC3CCN(c4nnnn4C)CC3)cnc2c1. The number of hydrogen-bond donors (Lipinski definition) is 1. The van der Waals surface area contributed by atoms with Gasteiger partial charge < -0.3 is 10.2 Å². The predicted octanol–water partition coefficient (Wildman–Crippen LogP) is 1.72. The third kappa shape index (κ3) is 3.60. The van der Waals surface area contributed by atoms with Crippen molar-refractivity contribution in [2.75, 3.05) is 18.0 Å². The number of carbonyl (C=O) groups excluding carboxylic acids is 1. The van der Waals surface area contributed by atoms with Crippen molar-refractivity contribution in [3.63, 3.8) is 0 Å². The molecule has 8 nitrogen and oxygen atoms in total. The molecule has 0 saturated carbocycles. The lowest BCUT2D eigenvalue weighted by atomic mass is 10.0. The van der Waals surface area contributed by atoms with Gasteiger partial charge in [-0.3, -0.25) is 9.78 Å². The van der Waals surface area contributed by atoms with Gasteiger partial charge in [0.15, 0.2) is 0 Å². The Balaban J connectivity index is 1.39. The Morgan fingerprint density at radius 2 is 2.07 bits per heavy atom. The highest BCUT2D eigenvalue weighted by Gasteiger charge is 2.24. The Morgan fingerprint density at radius 3 is 2.78 bits per heavy atom. The van der Waals surface area contributed by atoms with E-state index < -0.39 is 0 Å². The number of piperidine rings is 1. The van der Waals surface area contributed by atoms with E-state index in [-0.39, 0.29) is 11.9 Å². The first kappa shape index (κ1) is 17.4. The van der Waals surface area contributed by atoms with Crippen LogP contribution in [0.25, 0.3) is 10.9 Å². The lowest BCUT2D eigenvalue weighted by Gasteiger charge is -2.32. The molecule has 3 heterocycles. The molecule has 1 N–H and O–H groups in total. The Morgan fingerprint density at radius 1 is 1.26 bits per heavy atom. The molecule has 1 amide bonds. The van der Waals surface area contributed by atoms with Crippen molar-refractivity contribution < 1.29 is 4.79 Å². The summed E-state index contributed by atoms with van der Waals surface area (Å²) in [5, 5.41) is 15.7. The summed E-state index contributed by atoms with van der Waals surface area (Å²) in [5.41, 5.74) is 2.78. The fourth-order valence-corrected chi connectivity index (χ4v) is 3.50. The maximum absolute atomic E-state index is 12.6. The number of nitrogens with zero attached hydrogens (tertiary/aromatic N) is 6. The van der Waals surface area contributed by atoms with E-state index in [1.807, 2.05) is 19.2 Å². The van der Waals surface area contributed by atoms with Gasteiger partial charge in [0.05, 0.1) is 11.1 Å². The Kier molecular flexibility index (Phi) is 4.70. The van der Waals surface area contributed by atoms with E-state index in [2.05, 4.69) is 49.8 Å². The molecule has 27 heavy (non-hydrogen) atoms. The van der Waals surface area contributed by atoms with E-state index in [1.54, 1.807) is 10.9 Å². The lowest BCUT2D eigenvalue weighted by molar-refractivity contribution is 0.0931. The molecular formula is C19H23N7O. The third-order valence-corrected chi connectivity index (χ3v) is 5.13. The van der Waals surface area contributed by atoms with Crippen LogP contribution in [0.3, 0.4) is 0 Å². The number of fused-ring (bicyclic) bond motifs is 1. The summed E-state index contributed by atoms with van der Waals surface area (Å²) >= 11 is 0. The van der Waals surface area contributed by atoms with Crippen LogP contribution in [0.1, 0.15) is 35.7 Å². The van der Waals surface area contributed by atoms with Crippen molar-refractivity contribution in [3.8, 4) is 0 Å². The molecule has 3 aromatic rings. The Bertz CT molecular complexity index is 960. The van der Waals surface area contributed by atoms with Gasteiger partial charge in [0, 0.05) is 37.8 Å². The van der Waals surface area contributed by atoms with Crippen molar-refractivity contribution in [3.05, 3.63) is 41.6 Å². The van der Waals surface area contributed by atoms with Crippen LogP contribution >= 0.6 is 0 Å². The second-order valence-corrected chi connectivity index (χ2v) is 6.94. The number of aryl methyl sites for hydroxylation is 2. The molecule has 1 aliphatic heterocycles. The van der Waals surface area contributed by atoms with Crippen LogP contribution < -0.4 is 10.2 Å². The number of benzene rings is 1. The van der Waals surface area contributed by atoms with Crippen molar-refractivity contribution >= 4 is 22.8 Å². The Hall–Kier alpha value is -3.03.